The Bertz CT molecular complexity index is 719. The summed E-state index contributed by atoms with van der Waals surface area (Å²) in [5.41, 5.74) is 0. The molecule has 2 unspecified atom stereocenters. The molecule has 6 atom stereocenters. The molecule has 0 bridgehead atoms. The smallest absolute Gasteiger partial charge is 0.306 e. The number of aliphatic hydroxyl groups is 4. The van der Waals surface area contributed by atoms with Crippen molar-refractivity contribution >= 4 is 11.9 Å². The number of hydrogen-bond acceptors (Lipinski definition) is 10. The van der Waals surface area contributed by atoms with Crippen LogP contribution in [0.4, 0.5) is 0 Å². The Balaban J connectivity index is 2.43. The molecule has 0 aromatic heterocycles. The van der Waals surface area contributed by atoms with Crippen LogP contribution in [0.25, 0.3) is 0 Å². The fourth-order valence-corrected chi connectivity index (χ4v) is 5.54. The molecule has 10 nitrogen and oxygen atoms in total. The predicted octanol–water partition coefficient (Wildman–Crippen LogP) is 5.88. The van der Waals surface area contributed by atoms with Crippen molar-refractivity contribution in [1.82, 2.24) is 0 Å². The Kier molecular flexibility index (Phi) is 25.8. The number of hydrogen-bond donors (Lipinski definition) is 4. The van der Waals surface area contributed by atoms with Crippen molar-refractivity contribution in [1.29, 1.82) is 0 Å². The fraction of sp³-hybridized carbons (Fsp3) is 0.943. The Morgan fingerprint density at radius 1 is 0.600 bits per heavy atom. The van der Waals surface area contributed by atoms with Crippen LogP contribution in [0.5, 0.6) is 0 Å². The number of carbonyl (C=O) groups excluding carboxylic acids is 2. The first kappa shape index (κ1) is 41.7. The maximum atomic E-state index is 12.6. The minimum Gasteiger partial charge on any atom is -0.462 e. The van der Waals surface area contributed by atoms with Gasteiger partial charge in [0, 0.05) is 12.8 Å². The normalized spacial score (nSPS) is 22.3. The average molecular weight is 647 g/mol. The van der Waals surface area contributed by atoms with E-state index in [1.165, 1.54) is 83.5 Å². The van der Waals surface area contributed by atoms with Crippen molar-refractivity contribution < 1.29 is 49.0 Å². The summed E-state index contributed by atoms with van der Waals surface area (Å²) in [5.74, 6) is -0.805. The maximum absolute atomic E-state index is 12.6. The fourth-order valence-electron chi connectivity index (χ4n) is 5.54. The van der Waals surface area contributed by atoms with Gasteiger partial charge in [0.1, 0.15) is 31.0 Å². The van der Waals surface area contributed by atoms with Crippen LogP contribution in [0.2, 0.25) is 0 Å². The zero-order valence-electron chi connectivity index (χ0n) is 28.4. The van der Waals surface area contributed by atoms with E-state index < -0.39 is 49.4 Å². The van der Waals surface area contributed by atoms with E-state index in [9.17, 15) is 30.0 Å². The van der Waals surface area contributed by atoms with Gasteiger partial charge in [-0.25, -0.2) is 0 Å². The van der Waals surface area contributed by atoms with Crippen molar-refractivity contribution in [2.45, 2.75) is 192 Å². The van der Waals surface area contributed by atoms with Crippen LogP contribution in [0.3, 0.4) is 0 Å². The highest BCUT2D eigenvalue weighted by molar-refractivity contribution is 5.70. The van der Waals surface area contributed by atoms with E-state index in [0.717, 1.165) is 38.5 Å². The highest BCUT2D eigenvalue weighted by Gasteiger charge is 2.44. The lowest BCUT2D eigenvalue weighted by molar-refractivity contribution is -0.305. The van der Waals surface area contributed by atoms with Crippen molar-refractivity contribution in [3.63, 3.8) is 0 Å². The van der Waals surface area contributed by atoms with Gasteiger partial charge in [0.05, 0.1) is 13.2 Å². The van der Waals surface area contributed by atoms with Gasteiger partial charge >= 0.3 is 11.9 Å². The van der Waals surface area contributed by atoms with Crippen molar-refractivity contribution in [2.24, 2.45) is 0 Å². The van der Waals surface area contributed by atoms with Crippen LogP contribution < -0.4 is 0 Å². The molecule has 1 aliphatic heterocycles. The van der Waals surface area contributed by atoms with Gasteiger partial charge in [-0.05, 0) is 12.8 Å². The van der Waals surface area contributed by atoms with Gasteiger partial charge in [0.25, 0.3) is 0 Å². The molecular formula is C35H66O10. The van der Waals surface area contributed by atoms with E-state index in [1.54, 1.807) is 0 Å². The first-order valence-electron chi connectivity index (χ1n) is 18.1. The summed E-state index contributed by atoms with van der Waals surface area (Å²) in [6.45, 7) is 3.37. The van der Waals surface area contributed by atoms with Gasteiger partial charge in [-0.2, -0.15) is 0 Å². The molecule has 45 heavy (non-hydrogen) atoms. The van der Waals surface area contributed by atoms with Gasteiger partial charge in [0.15, 0.2) is 12.4 Å². The number of aliphatic hydroxyl groups excluding tert-OH is 4. The molecule has 1 saturated heterocycles. The molecule has 0 amide bonds. The zero-order valence-corrected chi connectivity index (χ0v) is 28.4. The van der Waals surface area contributed by atoms with E-state index in [2.05, 4.69) is 13.8 Å². The Morgan fingerprint density at radius 2 is 1.04 bits per heavy atom. The van der Waals surface area contributed by atoms with E-state index in [4.69, 9.17) is 18.9 Å². The van der Waals surface area contributed by atoms with E-state index >= 15 is 0 Å². The predicted molar refractivity (Wildman–Crippen MR) is 173 cm³/mol. The van der Waals surface area contributed by atoms with E-state index in [1.807, 2.05) is 0 Å². The van der Waals surface area contributed by atoms with Gasteiger partial charge < -0.3 is 39.4 Å². The summed E-state index contributed by atoms with van der Waals surface area (Å²) < 4.78 is 22.0. The van der Waals surface area contributed by atoms with Gasteiger partial charge in [-0.15, -0.1) is 0 Å². The summed E-state index contributed by atoms with van der Waals surface area (Å²) in [4.78, 5) is 25.0. The molecule has 1 fully saturated rings. The quantitative estimate of drug-likeness (QED) is 0.0573. The topological polar surface area (TPSA) is 152 Å². The van der Waals surface area contributed by atoms with E-state index in [-0.39, 0.29) is 32.0 Å². The minimum atomic E-state index is -1.59. The number of ether oxygens (including phenoxy) is 4. The molecule has 1 heterocycles. The third-order valence-corrected chi connectivity index (χ3v) is 8.49. The summed E-state index contributed by atoms with van der Waals surface area (Å²) in [7, 11) is 0. The molecule has 266 valence electrons. The molecular weight excluding hydrogens is 580 g/mol. The molecule has 1 rings (SSSR count). The van der Waals surface area contributed by atoms with Crippen LogP contribution in [0.1, 0.15) is 155 Å². The highest BCUT2D eigenvalue weighted by Crippen LogP contribution is 2.22. The Hall–Kier alpha value is -1.30. The summed E-state index contributed by atoms with van der Waals surface area (Å²) in [6.07, 6.45) is 15.5. The highest BCUT2D eigenvalue weighted by atomic mass is 16.7. The molecule has 0 aromatic rings. The van der Waals surface area contributed by atoms with Crippen molar-refractivity contribution in [3.8, 4) is 0 Å². The minimum absolute atomic E-state index is 0.211. The summed E-state index contributed by atoms with van der Waals surface area (Å²) >= 11 is 0. The molecule has 0 saturated carbocycles. The number of rotatable bonds is 29. The Labute approximate surface area is 272 Å². The summed E-state index contributed by atoms with van der Waals surface area (Å²) in [5, 5.41) is 39.8. The molecule has 10 heteroatoms. The zero-order chi connectivity index (χ0) is 33.1. The maximum Gasteiger partial charge on any atom is 0.306 e. The molecule has 4 N–H and O–H groups in total. The monoisotopic (exact) mass is 646 g/mol. The van der Waals surface area contributed by atoms with Crippen LogP contribution in [-0.2, 0) is 28.5 Å². The van der Waals surface area contributed by atoms with Crippen LogP contribution in [-0.4, -0.2) is 89.0 Å². The molecule has 1 aliphatic rings. The van der Waals surface area contributed by atoms with Gasteiger partial charge in [-0.1, -0.05) is 129 Å². The Morgan fingerprint density at radius 3 is 1.51 bits per heavy atom. The van der Waals surface area contributed by atoms with Crippen LogP contribution in [0.15, 0.2) is 0 Å². The van der Waals surface area contributed by atoms with Crippen LogP contribution >= 0.6 is 0 Å². The third-order valence-electron chi connectivity index (χ3n) is 8.49. The first-order chi connectivity index (χ1) is 21.8. The van der Waals surface area contributed by atoms with E-state index in [0.29, 0.717) is 6.42 Å². The first-order valence-corrected chi connectivity index (χ1v) is 18.1. The third kappa shape index (κ3) is 20.5. The molecule has 0 spiro atoms. The average Bonchev–Trinajstić information content (AvgIpc) is 3.03. The van der Waals surface area contributed by atoms with Crippen LogP contribution in [0, 0.1) is 0 Å². The van der Waals surface area contributed by atoms with Crippen molar-refractivity contribution in [3.05, 3.63) is 0 Å². The number of unbranched alkanes of at least 4 members (excludes halogenated alkanes) is 18. The second-order valence-corrected chi connectivity index (χ2v) is 12.7. The SMILES string of the molecule is CCCCCCCCCCCCC(=O)OC[C@H](CO[C@@H]1O[C@H](CO)[C@H](O)C(O)C1O)OC(=O)CCCCCCCCCCCC. The van der Waals surface area contributed by atoms with Gasteiger partial charge in [0.2, 0.25) is 0 Å². The number of esters is 2. The standard InChI is InChI=1S/C35H66O10/c1-3-5-7-9-11-13-15-17-19-21-23-30(37)42-26-28(27-43-35-34(41)33(40)32(39)29(25-36)45-35)44-31(38)24-22-20-18-16-14-12-10-8-6-4-2/h28-29,32-36,39-41H,3-27H2,1-2H3/t28-,29-,32+,33?,34?,35-/m1/s1. The largest absolute Gasteiger partial charge is 0.462 e. The number of carbonyl (C=O) groups is 2. The summed E-state index contributed by atoms with van der Waals surface area (Å²) in [6, 6.07) is 0. The molecule has 0 aliphatic carbocycles. The lowest BCUT2D eigenvalue weighted by Crippen LogP contribution is -2.59. The second-order valence-electron chi connectivity index (χ2n) is 12.7. The lowest BCUT2D eigenvalue weighted by Gasteiger charge is -2.39. The molecule has 0 aromatic carbocycles. The lowest BCUT2D eigenvalue weighted by atomic mass is 9.99. The second kappa shape index (κ2) is 27.8. The van der Waals surface area contributed by atoms with Crippen molar-refractivity contribution in [2.75, 3.05) is 19.8 Å². The molecule has 0 radical (unpaired) electrons. The van der Waals surface area contributed by atoms with Gasteiger partial charge in [-0.3, -0.25) is 9.59 Å².